The van der Waals surface area contributed by atoms with Crippen molar-refractivity contribution < 1.29 is 23.8 Å². The van der Waals surface area contributed by atoms with Gasteiger partial charge in [0.25, 0.3) is 5.91 Å². The van der Waals surface area contributed by atoms with E-state index in [9.17, 15) is 9.59 Å². The molecule has 0 spiro atoms. The number of hydrogen-bond donors (Lipinski definition) is 1. The number of ether oxygens (including phenoxy) is 3. The lowest BCUT2D eigenvalue weighted by Crippen LogP contribution is -2.41. The van der Waals surface area contributed by atoms with Crippen molar-refractivity contribution in [3.8, 4) is 17.2 Å². The Morgan fingerprint density at radius 3 is 2.37 bits per heavy atom. The molecule has 0 saturated carbocycles. The van der Waals surface area contributed by atoms with Crippen LogP contribution < -0.4 is 19.5 Å². The first-order valence-corrected chi connectivity index (χ1v) is 14.0. The van der Waals surface area contributed by atoms with Gasteiger partial charge in [-0.25, -0.2) is 9.97 Å². The number of aromatic nitrogens is 2. The maximum absolute atomic E-state index is 14.0. The van der Waals surface area contributed by atoms with Crippen molar-refractivity contribution in [3.63, 3.8) is 0 Å². The maximum atomic E-state index is 14.0. The van der Waals surface area contributed by atoms with Crippen LogP contribution in [0.4, 0.5) is 5.69 Å². The minimum Gasteiger partial charge on any atom is -0.497 e. The van der Waals surface area contributed by atoms with Crippen LogP contribution in [-0.4, -0.2) is 46.3 Å². The molecule has 1 N–H and O–H groups in total. The van der Waals surface area contributed by atoms with Crippen LogP contribution in [0.1, 0.15) is 28.6 Å². The third-order valence-electron chi connectivity index (χ3n) is 6.43. The van der Waals surface area contributed by atoms with Crippen LogP contribution in [0.15, 0.2) is 84.0 Å². The molecular formula is C31H30N4O5S. The van der Waals surface area contributed by atoms with E-state index >= 15 is 0 Å². The zero-order valence-corrected chi connectivity index (χ0v) is 23.8. The summed E-state index contributed by atoms with van der Waals surface area (Å²) in [5.41, 5.74) is 3.72. The summed E-state index contributed by atoms with van der Waals surface area (Å²) in [5, 5.41) is 3.49. The van der Waals surface area contributed by atoms with E-state index in [0.29, 0.717) is 33.7 Å². The highest BCUT2D eigenvalue weighted by Crippen LogP contribution is 2.35. The Balaban J connectivity index is 1.47. The van der Waals surface area contributed by atoms with E-state index in [0.717, 1.165) is 17.0 Å². The van der Waals surface area contributed by atoms with E-state index in [1.807, 2.05) is 74.5 Å². The third kappa shape index (κ3) is 6.96. The molecule has 1 atom stereocenters. The fraction of sp³-hybridized carbons (Fsp3) is 0.226. The molecule has 10 heteroatoms. The number of methoxy groups -OCH3 is 1. The second kappa shape index (κ2) is 12.7. The van der Waals surface area contributed by atoms with Gasteiger partial charge in [-0.3, -0.25) is 9.59 Å². The highest BCUT2D eigenvalue weighted by Gasteiger charge is 2.32. The van der Waals surface area contributed by atoms with Crippen molar-refractivity contribution in [1.29, 1.82) is 0 Å². The molecule has 2 heterocycles. The Morgan fingerprint density at radius 1 is 0.951 bits per heavy atom. The van der Waals surface area contributed by atoms with Crippen molar-refractivity contribution in [1.82, 2.24) is 14.9 Å². The zero-order valence-electron chi connectivity index (χ0n) is 23.0. The van der Waals surface area contributed by atoms with E-state index in [-0.39, 0.29) is 30.9 Å². The van der Waals surface area contributed by atoms with Gasteiger partial charge in [0.15, 0.2) is 16.7 Å². The Hall–Kier alpha value is -4.57. The van der Waals surface area contributed by atoms with Gasteiger partial charge >= 0.3 is 0 Å². The topological polar surface area (TPSA) is 103 Å². The van der Waals surface area contributed by atoms with E-state index in [4.69, 9.17) is 14.2 Å². The van der Waals surface area contributed by atoms with Crippen LogP contribution in [0.5, 0.6) is 17.2 Å². The molecule has 0 saturated heterocycles. The van der Waals surface area contributed by atoms with Gasteiger partial charge in [-0.2, -0.15) is 0 Å². The third-order valence-corrected chi connectivity index (χ3v) is 7.27. The summed E-state index contributed by atoms with van der Waals surface area (Å²) in [5.74, 6) is 1.33. The first-order valence-electron chi connectivity index (χ1n) is 13.0. The van der Waals surface area contributed by atoms with Gasteiger partial charge in [-0.1, -0.05) is 54.2 Å². The van der Waals surface area contributed by atoms with E-state index in [1.165, 1.54) is 11.8 Å². The number of rotatable bonds is 10. The number of nitrogens with one attached hydrogen (secondary N) is 1. The average molecular weight is 571 g/mol. The van der Waals surface area contributed by atoms with Crippen molar-refractivity contribution in [3.05, 3.63) is 101 Å². The lowest BCUT2D eigenvalue weighted by molar-refractivity contribution is -0.137. The van der Waals surface area contributed by atoms with Gasteiger partial charge in [0, 0.05) is 29.7 Å². The molecule has 1 aliphatic heterocycles. The molecule has 5 rings (SSSR count). The Kier molecular flexibility index (Phi) is 8.69. The van der Waals surface area contributed by atoms with Crippen molar-refractivity contribution in [2.24, 2.45) is 0 Å². The van der Waals surface area contributed by atoms with Gasteiger partial charge in [0.1, 0.15) is 11.8 Å². The molecule has 0 unspecified atom stereocenters. The number of benzene rings is 3. The molecule has 0 bridgehead atoms. The summed E-state index contributed by atoms with van der Waals surface area (Å²) in [6.07, 6.45) is 0. The molecule has 1 aromatic heterocycles. The smallest absolute Gasteiger partial charge is 0.251 e. The van der Waals surface area contributed by atoms with Gasteiger partial charge in [-0.05, 0) is 55.3 Å². The summed E-state index contributed by atoms with van der Waals surface area (Å²) in [7, 11) is 1.60. The monoisotopic (exact) mass is 570 g/mol. The summed E-state index contributed by atoms with van der Waals surface area (Å²) in [4.78, 5) is 38.4. The molecule has 0 aliphatic carbocycles. The van der Waals surface area contributed by atoms with Gasteiger partial charge in [0.2, 0.25) is 12.7 Å². The second-order valence-electron chi connectivity index (χ2n) is 9.46. The molecule has 4 aromatic rings. The van der Waals surface area contributed by atoms with Gasteiger partial charge in [0.05, 0.1) is 12.9 Å². The fourth-order valence-electron chi connectivity index (χ4n) is 4.51. The molecule has 0 fully saturated rings. The van der Waals surface area contributed by atoms with Crippen LogP contribution in [0.2, 0.25) is 0 Å². The van der Waals surface area contributed by atoms with Crippen LogP contribution >= 0.6 is 11.8 Å². The molecule has 41 heavy (non-hydrogen) atoms. The lowest BCUT2D eigenvalue weighted by atomic mass is 10.0. The summed E-state index contributed by atoms with van der Waals surface area (Å²) >= 11 is 1.25. The standard InChI is InChI=1S/C31H30N4O5S/c1-20-15-21(2)33-31(32-20)41-18-28(36)35(17-22-9-12-25(38-3)13-10-22)29(23-7-5-4-6-8-23)30(37)34-24-11-14-26-27(16-24)40-19-39-26/h4-16,29H,17-19H2,1-3H3,(H,34,37)/t29-/m1/s1. The van der Waals surface area contributed by atoms with Gasteiger partial charge < -0.3 is 24.4 Å². The van der Waals surface area contributed by atoms with Gasteiger partial charge in [-0.15, -0.1) is 0 Å². The Bertz CT molecular complexity index is 1510. The Labute approximate surface area is 242 Å². The maximum Gasteiger partial charge on any atom is 0.251 e. The predicted octanol–water partition coefficient (Wildman–Crippen LogP) is 5.33. The molecule has 9 nitrogen and oxygen atoms in total. The average Bonchev–Trinajstić information content (AvgIpc) is 3.44. The van der Waals surface area contributed by atoms with Crippen molar-refractivity contribution >= 4 is 29.3 Å². The number of amides is 2. The molecule has 0 radical (unpaired) electrons. The first kappa shape index (κ1) is 28.0. The van der Waals surface area contributed by atoms with E-state index < -0.39 is 6.04 Å². The molecule has 210 valence electrons. The number of hydrogen-bond acceptors (Lipinski definition) is 8. The molecule has 2 amide bonds. The Morgan fingerprint density at radius 2 is 1.66 bits per heavy atom. The summed E-state index contributed by atoms with van der Waals surface area (Å²) in [6.45, 7) is 4.11. The normalized spacial score (nSPS) is 12.5. The highest BCUT2D eigenvalue weighted by molar-refractivity contribution is 7.99. The minimum absolute atomic E-state index is 0.0552. The summed E-state index contributed by atoms with van der Waals surface area (Å²) < 4.78 is 16.2. The van der Waals surface area contributed by atoms with Crippen molar-refractivity contribution in [2.75, 3.05) is 25.0 Å². The lowest BCUT2D eigenvalue weighted by Gasteiger charge is -2.31. The number of carbonyl (C=O) groups excluding carboxylic acids is 2. The van der Waals surface area contributed by atoms with E-state index in [2.05, 4.69) is 15.3 Å². The number of thioether (sulfide) groups is 1. The molecular weight excluding hydrogens is 540 g/mol. The number of aryl methyl sites for hydroxylation is 2. The number of nitrogens with zero attached hydrogens (tertiary/aromatic N) is 3. The highest BCUT2D eigenvalue weighted by atomic mass is 32.2. The SMILES string of the molecule is COc1ccc(CN(C(=O)CSc2nc(C)cc(C)n2)[C@@H](C(=O)Nc2ccc3c(c2)OCO3)c2ccccc2)cc1. The number of anilines is 1. The minimum atomic E-state index is -0.919. The fourth-order valence-corrected chi connectivity index (χ4v) is 5.35. The van der Waals surface area contributed by atoms with Crippen LogP contribution in [0.3, 0.4) is 0 Å². The first-order chi connectivity index (χ1) is 19.9. The quantitative estimate of drug-likeness (QED) is 0.202. The largest absolute Gasteiger partial charge is 0.497 e. The second-order valence-corrected chi connectivity index (χ2v) is 10.4. The molecule has 1 aliphatic rings. The number of fused-ring (bicyclic) bond motifs is 1. The summed E-state index contributed by atoms with van der Waals surface area (Å²) in [6, 6.07) is 22.9. The predicted molar refractivity (Wildman–Crippen MR) is 156 cm³/mol. The van der Waals surface area contributed by atoms with E-state index in [1.54, 1.807) is 30.2 Å². The zero-order chi connectivity index (χ0) is 28.8. The number of carbonyl (C=O) groups is 2. The van der Waals surface area contributed by atoms with Crippen LogP contribution in [0, 0.1) is 13.8 Å². The van der Waals surface area contributed by atoms with Crippen LogP contribution in [0.25, 0.3) is 0 Å². The molecule has 3 aromatic carbocycles. The van der Waals surface area contributed by atoms with Crippen molar-refractivity contribution in [2.45, 2.75) is 31.6 Å². The van der Waals surface area contributed by atoms with Crippen LogP contribution in [-0.2, 0) is 16.1 Å².